The molecule has 0 bridgehead atoms. The minimum Gasteiger partial charge on any atom is -0.333 e. The van der Waals surface area contributed by atoms with Gasteiger partial charge >= 0.3 is 6.18 Å². The van der Waals surface area contributed by atoms with Gasteiger partial charge in [0.05, 0.1) is 10.3 Å². The number of fused-ring (bicyclic) bond motifs is 3. The summed E-state index contributed by atoms with van der Waals surface area (Å²) in [7, 11) is 1.50. The van der Waals surface area contributed by atoms with Crippen molar-refractivity contribution in [3.63, 3.8) is 0 Å². The molecule has 2 aliphatic carbocycles. The van der Waals surface area contributed by atoms with Gasteiger partial charge in [-0.1, -0.05) is 32.8 Å². The van der Waals surface area contributed by atoms with Crippen molar-refractivity contribution >= 4 is 11.8 Å². The van der Waals surface area contributed by atoms with Crippen molar-refractivity contribution in [2.24, 2.45) is 23.5 Å². The first kappa shape index (κ1) is 26.1. The van der Waals surface area contributed by atoms with Crippen molar-refractivity contribution in [2.45, 2.75) is 75.1 Å². The van der Waals surface area contributed by atoms with Crippen LogP contribution in [-0.4, -0.2) is 7.05 Å². The third kappa shape index (κ3) is 4.97. The number of nitrogens with two attached hydrogens (primary N) is 1. The molecular weight excluding hydrogens is 446 g/mol. The topological polar surface area (TPSA) is 26.0 Å². The summed E-state index contributed by atoms with van der Waals surface area (Å²) in [6.07, 6.45) is 1.63. The van der Waals surface area contributed by atoms with E-state index in [1.165, 1.54) is 7.05 Å². The Hall–Kier alpha value is -1.53. The second kappa shape index (κ2) is 10.4. The van der Waals surface area contributed by atoms with Crippen LogP contribution in [0, 0.1) is 30.5 Å². The van der Waals surface area contributed by atoms with Crippen LogP contribution in [0.3, 0.4) is 0 Å². The maximum absolute atomic E-state index is 15.4. The summed E-state index contributed by atoms with van der Waals surface area (Å²) in [5.74, 6) is 1.26. The smallest absolute Gasteiger partial charge is 0.333 e. The van der Waals surface area contributed by atoms with Gasteiger partial charge in [0, 0.05) is 10.5 Å². The molecule has 4 atom stereocenters. The Morgan fingerprint density at radius 2 is 1.73 bits per heavy atom. The summed E-state index contributed by atoms with van der Waals surface area (Å²) in [6.45, 7) is 6.56. The molecule has 0 aliphatic heterocycles. The van der Waals surface area contributed by atoms with Gasteiger partial charge in [0.2, 0.25) is 0 Å². The summed E-state index contributed by atoms with van der Waals surface area (Å²) in [6, 6.07) is 8.87. The first-order valence-electron chi connectivity index (χ1n) is 11.9. The highest BCUT2D eigenvalue weighted by molar-refractivity contribution is 8.00. The van der Waals surface area contributed by atoms with Crippen LogP contribution in [0.4, 0.5) is 17.6 Å². The Labute approximate surface area is 199 Å². The molecule has 4 unspecified atom stereocenters. The second-order valence-corrected chi connectivity index (χ2v) is 10.7. The maximum atomic E-state index is 15.4. The average Bonchev–Trinajstić information content (AvgIpc) is 2.79. The van der Waals surface area contributed by atoms with E-state index in [-0.39, 0.29) is 5.82 Å². The van der Waals surface area contributed by atoms with Crippen molar-refractivity contribution in [3.8, 4) is 0 Å². The molecule has 0 aromatic heterocycles. The Morgan fingerprint density at radius 3 is 2.33 bits per heavy atom. The molecule has 182 valence electrons. The van der Waals surface area contributed by atoms with E-state index in [9.17, 15) is 13.2 Å². The SMILES string of the molecule is CCCC1C(C)CCC2(Sc3ccc(C(F)(F)F)cc3)c3c(F)ccc(C)c3CCC12.CN. The van der Waals surface area contributed by atoms with Gasteiger partial charge in [-0.3, -0.25) is 0 Å². The molecule has 2 aliphatic rings. The zero-order valence-electron chi connectivity index (χ0n) is 19.9. The molecule has 0 spiro atoms. The lowest BCUT2D eigenvalue weighted by molar-refractivity contribution is -0.137. The Kier molecular flexibility index (Phi) is 8.21. The van der Waals surface area contributed by atoms with Crippen LogP contribution in [-0.2, 0) is 17.3 Å². The Balaban J connectivity index is 0.00000149. The van der Waals surface area contributed by atoms with Crippen molar-refractivity contribution < 1.29 is 17.6 Å². The minimum atomic E-state index is -4.35. The van der Waals surface area contributed by atoms with Gasteiger partial charge in [0.1, 0.15) is 5.82 Å². The number of alkyl halides is 3. The number of benzene rings is 2. The van der Waals surface area contributed by atoms with Crippen LogP contribution >= 0.6 is 11.8 Å². The van der Waals surface area contributed by atoms with Crippen LogP contribution in [0.25, 0.3) is 0 Å². The monoisotopic (exact) mass is 481 g/mol. The molecule has 1 nitrogen and oxygen atoms in total. The van der Waals surface area contributed by atoms with Crippen LogP contribution in [0.5, 0.6) is 0 Å². The zero-order chi connectivity index (χ0) is 24.4. The third-order valence-electron chi connectivity index (χ3n) is 7.55. The van der Waals surface area contributed by atoms with Gasteiger partial charge in [-0.15, -0.1) is 11.8 Å². The van der Waals surface area contributed by atoms with Crippen molar-refractivity contribution in [1.82, 2.24) is 0 Å². The second-order valence-electron chi connectivity index (χ2n) is 9.35. The first-order chi connectivity index (χ1) is 15.7. The first-order valence-corrected chi connectivity index (χ1v) is 12.7. The van der Waals surface area contributed by atoms with Gasteiger partial charge in [-0.25, -0.2) is 4.39 Å². The Bertz CT molecular complexity index is 940. The zero-order valence-corrected chi connectivity index (χ0v) is 20.8. The van der Waals surface area contributed by atoms with E-state index in [1.54, 1.807) is 30.0 Å². The van der Waals surface area contributed by atoms with E-state index in [1.807, 2.05) is 13.0 Å². The fraction of sp³-hybridized carbons (Fsp3) is 0.556. The molecular formula is C27H35F4NS. The summed E-state index contributed by atoms with van der Waals surface area (Å²) >= 11 is 1.61. The highest BCUT2D eigenvalue weighted by atomic mass is 32.2. The fourth-order valence-corrected chi connectivity index (χ4v) is 7.74. The summed E-state index contributed by atoms with van der Waals surface area (Å²) in [4.78, 5) is 0.788. The molecule has 2 aromatic rings. The highest BCUT2D eigenvalue weighted by Gasteiger charge is 2.53. The molecule has 2 aromatic carbocycles. The number of hydrogen-bond acceptors (Lipinski definition) is 2. The number of aryl methyl sites for hydroxylation is 1. The predicted octanol–water partition coefficient (Wildman–Crippen LogP) is 8.12. The predicted molar refractivity (Wildman–Crippen MR) is 129 cm³/mol. The van der Waals surface area contributed by atoms with E-state index >= 15 is 4.39 Å². The summed E-state index contributed by atoms with van der Waals surface area (Å²) in [5, 5.41) is 0. The van der Waals surface area contributed by atoms with Crippen molar-refractivity contribution in [3.05, 3.63) is 64.5 Å². The summed E-state index contributed by atoms with van der Waals surface area (Å²) in [5.41, 5.74) is 6.91. The molecule has 33 heavy (non-hydrogen) atoms. The third-order valence-corrected chi connectivity index (χ3v) is 9.13. The van der Waals surface area contributed by atoms with Gasteiger partial charge in [-0.05, 0) is 98.9 Å². The van der Waals surface area contributed by atoms with Crippen LogP contribution in [0.2, 0.25) is 0 Å². The molecule has 0 radical (unpaired) electrons. The minimum absolute atomic E-state index is 0.158. The van der Waals surface area contributed by atoms with E-state index in [4.69, 9.17) is 0 Å². The van der Waals surface area contributed by atoms with Gasteiger partial charge < -0.3 is 5.73 Å². The molecule has 6 heteroatoms. The van der Waals surface area contributed by atoms with Gasteiger partial charge in [0.25, 0.3) is 0 Å². The van der Waals surface area contributed by atoms with E-state index in [0.717, 1.165) is 72.2 Å². The van der Waals surface area contributed by atoms with E-state index in [2.05, 4.69) is 19.6 Å². The Morgan fingerprint density at radius 1 is 1.06 bits per heavy atom. The average molecular weight is 482 g/mol. The largest absolute Gasteiger partial charge is 0.416 e. The fourth-order valence-electron chi connectivity index (χ4n) is 6.06. The quantitative estimate of drug-likeness (QED) is 0.446. The maximum Gasteiger partial charge on any atom is 0.416 e. The van der Waals surface area contributed by atoms with Gasteiger partial charge in [-0.2, -0.15) is 13.2 Å². The number of rotatable bonds is 4. The molecule has 0 saturated heterocycles. The van der Waals surface area contributed by atoms with E-state index < -0.39 is 16.5 Å². The highest BCUT2D eigenvalue weighted by Crippen LogP contribution is 2.62. The number of thioether (sulfide) groups is 1. The van der Waals surface area contributed by atoms with E-state index in [0.29, 0.717) is 17.8 Å². The van der Waals surface area contributed by atoms with Crippen molar-refractivity contribution in [1.29, 1.82) is 0 Å². The molecule has 2 N–H and O–H groups in total. The number of hydrogen-bond donors (Lipinski definition) is 1. The number of halogens is 4. The normalized spacial score (nSPS) is 26.6. The molecule has 1 saturated carbocycles. The standard InChI is InChI=1S/C26H30F4S.CH5N/c1-4-5-20-17(3)14-15-25(31-19-9-7-18(8-10-19)26(28,29)30)22(20)12-11-21-16(2)6-13-23(27)24(21)25;1-2/h6-10,13,17,20,22H,4-5,11-12,14-15H2,1-3H3;2H2,1H3. The van der Waals surface area contributed by atoms with Gasteiger partial charge in [0.15, 0.2) is 0 Å². The lowest BCUT2D eigenvalue weighted by atomic mass is 9.58. The lowest BCUT2D eigenvalue weighted by Gasteiger charge is -2.54. The van der Waals surface area contributed by atoms with Crippen molar-refractivity contribution in [2.75, 3.05) is 7.05 Å². The molecule has 0 amide bonds. The van der Waals surface area contributed by atoms with Crippen LogP contribution in [0.15, 0.2) is 41.3 Å². The lowest BCUT2D eigenvalue weighted by Crippen LogP contribution is -2.47. The van der Waals surface area contributed by atoms with Crippen LogP contribution in [0.1, 0.15) is 68.2 Å². The molecule has 0 heterocycles. The summed E-state index contributed by atoms with van der Waals surface area (Å²) < 4.78 is 54.2. The molecule has 1 fully saturated rings. The molecule has 4 rings (SSSR count). The van der Waals surface area contributed by atoms with Crippen LogP contribution < -0.4 is 5.73 Å².